The van der Waals surface area contributed by atoms with Crippen molar-refractivity contribution in [3.63, 3.8) is 0 Å². The molecule has 1 amide bonds. The number of hydrogen-bond donors (Lipinski definition) is 0. The van der Waals surface area contributed by atoms with E-state index in [9.17, 15) is 4.79 Å². The van der Waals surface area contributed by atoms with Crippen LogP contribution in [0.15, 0.2) is 18.2 Å². The van der Waals surface area contributed by atoms with Crippen LogP contribution in [-0.2, 0) is 4.74 Å². The van der Waals surface area contributed by atoms with E-state index in [1.165, 1.54) is 10.5 Å². The highest BCUT2D eigenvalue weighted by atomic mass is 16.6. The fourth-order valence-electron chi connectivity index (χ4n) is 1.56. The monoisotopic (exact) mass is 221 g/mol. The zero-order valence-electron chi connectivity index (χ0n) is 10.6. The summed E-state index contributed by atoms with van der Waals surface area (Å²) in [7, 11) is 1.72. The van der Waals surface area contributed by atoms with Crippen LogP contribution >= 0.6 is 0 Å². The number of nitrogens with zero attached hydrogens (tertiary/aromatic N) is 1. The summed E-state index contributed by atoms with van der Waals surface area (Å²) in [5, 5.41) is 0. The number of hydrogen-bond acceptors (Lipinski definition) is 2. The third-order valence-electron chi connectivity index (χ3n) is 2.32. The summed E-state index contributed by atoms with van der Waals surface area (Å²) in [5.74, 6) is 0. The molecule has 1 aromatic carbocycles. The number of ether oxygens (including phenoxy) is 1. The summed E-state index contributed by atoms with van der Waals surface area (Å²) in [6.07, 6.45) is -0.414. The number of carbonyl (C=O) groups excluding carboxylic acids is 1. The molecule has 0 aromatic heterocycles. The first-order valence-corrected chi connectivity index (χ1v) is 5.43. The van der Waals surface area contributed by atoms with E-state index in [-0.39, 0.29) is 12.2 Å². The molecule has 0 fully saturated rings. The minimum absolute atomic E-state index is 0.0966. The van der Waals surface area contributed by atoms with E-state index in [0.29, 0.717) is 0 Å². The Morgan fingerprint density at radius 3 is 2.44 bits per heavy atom. The lowest BCUT2D eigenvalue weighted by Gasteiger charge is -2.20. The zero-order valence-corrected chi connectivity index (χ0v) is 10.6. The van der Waals surface area contributed by atoms with Gasteiger partial charge in [0.25, 0.3) is 0 Å². The van der Waals surface area contributed by atoms with Gasteiger partial charge in [-0.2, -0.15) is 0 Å². The standard InChI is InChI=1S/C13H19NO2/c1-9(2)16-13(15)14(5)12-7-6-10(3)8-11(12)4/h6-9H,1-5H3. The Kier molecular flexibility index (Phi) is 3.93. The van der Waals surface area contributed by atoms with Gasteiger partial charge in [-0.15, -0.1) is 0 Å². The largest absolute Gasteiger partial charge is 0.446 e. The van der Waals surface area contributed by atoms with Gasteiger partial charge in [0.2, 0.25) is 0 Å². The lowest BCUT2D eigenvalue weighted by Crippen LogP contribution is -2.29. The lowest BCUT2D eigenvalue weighted by molar-refractivity contribution is 0.124. The van der Waals surface area contributed by atoms with Crippen LogP contribution in [-0.4, -0.2) is 19.2 Å². The number of carbonyl (C=O) groups is 1. The number of amides is 1. The molecule has 1 rings (SSSR count). The maximum atomic E-state index is 11.7. The van der Waals surface area contributed by atoms with Gasteiger partial charge in [-0.25, -0.2) is 4.79 Å². The van der Waals surface area contributed by atoms with E-state index in [4.69, 9.17) is 4.74 Å². The smallest absolute Gasteiger partial charge is 0.414 e. The molecule has 0 heterocycles. The van der Waals surface area contributed by atoms with Crippen molar-refractivity contribution in [2.45, 2.75) is 33.8 Å². The summed E-state index contributed by atoms with van der Waals surface area (Å²) in [6, 6.07) is 5.97. The van der Waals surface area contributed by atoms with Gasteiger partial charge in [-0.1, -0.05) is 17.7 Å². The van der Waals surface area contributed by atoms with Crippen LogP contribution in [0.1, 0.15) is 25.0 Å². The van der Waals surface area contributed by atoms with Crippen LogP contribution < -0.4 is 4.90 Å². The molecule has 0 saturated carbocycles. The fourth-order valence-corrected chi connectivity index (χ4v) is 1.56. The van der Waals surface area contributed by atoms with Gasteiger partial charge in [0.15, 0.2) is 0 Å². The average molecular weight is 221 g/mol. The SMILES string of the molecule is Cc1ccc(N(C)C(=O)OC(C)C)c(C)c1. The molecule has 0 saturated heterocycles. The maximum Gasteiger partial charge on any atom is 0.414 e. The van der Waals surface area contributed by atoms with Crippen LogP contribution in [0, 0.1) is 13.8 Å². The van der Waals surface area contributed by atoms with E-state index >= 15 is 0 Å². The minimum atomic E-state index is -0.318. The highest BCUT2D eigenvalue weighted by Crippen LogP contribution is 2.20. The Morgan fingerprint density at radius 2 is 1.94 bits per heavy atom. The molecule has 0 spiro atoms. The molecule has 0 N–H and O–H groups in total. The molecule has 0 aliphatic heterocycles. The molecule has 0 unspecified atom stereocenters. The van der Waals surface area contributed by atoms with Crippen molar-refractivity contribution in [1.82, 2.24) is 0 Å². The predicted octanol–water partition coefficient (Wildman–Crippen LogP) is 3.28. The van der Waals surface area contributed by atoms with Crippen LogP contribution in [0.3, 0.4) is 0 Å². The fraction of sp³-hybridized carbons (Fsp3) is 0.462. The third-order valence-corrected chi connectivity index (χ3v) is 2.32. The van der Waals surface area contributed by atoms with Gasteiger partial charge in [0.1, 0.15) is 0 Å². The van der Waals surface area contributed by atoms with E-state index in [1.807, 2.05) is 39.8 Å². The molecular formula is C13H19NO2. The first kappa shape index (κ1) is 12.6. The molecule has 3 nitrogen and oxygen atoms in total. The van der Waals surface area contributed by atoms with Crippen molar-refractivity contribution in [3.05, 3.63) is 29.3 Å². The molecule has 0 radical (unpaired) electrons. The number of benzene rings is 1. The van der Waals surface area contributed by atoms with Gasteiger partial charge in [-0.3, -0.25) is 4.90 Å². The minimum Gasteiger partial charge on any atom is -0.446 e. The van der Waals surface area contributed by atoms with Crippen LogP contribution in [0.4, 0.5) is 10.5 Å². The van der Waals surface area contributed by atoms with Gasteiger partial charge in [-0.05, 0) is 39.3 Å². The number of aryl methyl sites for hydroxylation is 2. The zero-order chi connectivity index (χ0) is 12.3. The Bertz CT molecular complexity index is 386. The van der Waals surface area contributed by atoms with Gasteiger partial charge < -0.3 is 4.74 Å². The average Bonchev–Trinajstić information content (AvgIpc) is 2.15. The van der Waals surface area contributed by atoms with E-state index in [1.54, 1.807) is 7.05 Å². The quantitative estimate of drug-likeness (QED) is 0.767. The van der Waals surface area contributed by atoms with E-state index in [0.717, 1.165) is 11.3 Å². The first-order valence-electron chi connectivity index (χ1n) is 5.43. The third kappa shape index (κ3) is 2.99. The molecule has 0 aliphatic carbocycles. The number of anilines is 1. The molecule has 88 valence electrons. The van der Waals surface area contributed by atoms with E-state index in [2.05, 4.69) is 6.07 Å². The van der Waals surface area contributed by atoms with Crippen LogP contribution in [0.25, 0.3) is 0 Å². The van der Waals surface area contributed by atoms with Crippen molar-refractivity contribution in [1.29, 1.82) is 0 Å². The second kappa shape index (κ2) is 5.01. The van der Waals surface area contributed by atoms with Crippen molar-refractivity contribution < 1.29 is 9.53 Å². The van der Waals surface area contributed by atoms with Crippen molar-refractivity contribution >= 4 is 11.8 Å². The van der Waals surface area contributed by atoms with Gasteiger partial charge in [0, 0.05) is 12.7 Å². The Labute approximate surface area is 97.0 Å². The van der Waals surface area contributed by atoms with Crippen LogP contribution in [0.2, 0.25) is 0 Å². The summed E-state index contributed by atoms with van der Waals surface area (Å²) >= 11 is 0. The second-order valence-electron chi connectivity index (χ2n) is 4.28. The van der Waals surface area contributed by atoms with Crippen LogP contribution in [0.5, 0.6) is 0 Å². The lowest BCUT2D eigenvalue weighted by atomic mass is 10.1. The van der Waals surface area contributed by atoms with Gasteiger partial charge in [0.05, 0.1) is 6.10 Å². The Hall–Kier alpha value is -1.51. The Balaban J connectivity index is 2.87. The molecule has 0 atom stereocenters. The summed E-state index contributed by atoms with van der Waals surface area (Å²) < 4.78 is 5.14. The van der Waals surface area contributed by atoms with Crippen molar-refractivity contribution in [3.8, 4) is 0 Å². The number of rotatable bonds is 2. The Morgan fingerprint density at radius 1 is 1.31 bits per heavy atom. The molecular weight excluding hydrogens is 202 g/mol. The molecule has 16 heavy (non-hydrogen) atoms. The molecule has 3 heteroatoms. The summed E-state index contributed by atoms with van der Waals surface area (Å²) in [6.45, 7) is 7.70. The molecule has 0 bridgehead atoms. The highest BCUT2D eigenvalue weighted by molar-refractivity contribution is 5.88. The first-order chi connectivity index (χ1) is 7.41. The summed E-state index contributed by atoms with van der Waals surface area (Å²) in [4.78, 5) is 13.2. The summed E-state index contributed by atoms with van der Waals surface area (Å²) in [5.41, 5.74) is 3.14. The van der Waals surface area contributed by atoms with E-state index < -0.39 is 0 Å². The predicted molar refractivity (Wildman–Crippen MR) is 65.9 cm³/mol. The molecule has 0 aliphatic rings. The second-order valence-corrected chi connectivity index (χ2v) is 4.28. The maximum absolute atomic E-state index is 11.7. The van der Waals surface area contributed by atoms with Gasteiger partial charge >= 0.3 is 6.09 Å². The van der Waals surface area contributed by atoms with Crippen molar-refractivity contribution in [2.75, 3.05) is 11.9 Å². The highest BCUT2D eigenvalue weighted by Gasteiger charge is 2.15. The molecule has 1 aromatic rings. The van der Waals surface area contributed by atoms with Crippen molar-refractivity contribution in [2.24, 2.45) is 0 Å². The normalized spacial score (nSPS) is 10.4. The topological polar surface area (TPSA) is 29.5 Å².